The summed E-state index contributed by atoms with van der Waals surface area (Å²) in [6.07, 6.45) is 0. The predicted octanol–water partition coefficient (Wildman–Crippen LogP) is 1.98. The first kappa shape index (κ1) is 13.1. The Morgan fingerprint density at radius 1 is 1.44 bits per heavy atom. The van der Waals surface area contributed by atoms with Crippen molar-refractivity contribution in [2.75, 3.05) is 12.8 Å². The van der Waals surface area contributed by atoms with Gasteiger partial charge in [0.25, 0.3) is 0 Å². The molecule has 0 radical (unpaired) electrons. The summed E-state index contributed by atoms with van der Waals surface area (Å²) in [6.45, 7) is 1.70. The molecule has 0 aromatic heterocycles. The summed E-state index contributed by atoms with van der Waals surface area (Å²) < 4.78 is 0. The van der Waals surface area contributed by atoms with Crippen molar-refractivity contribution in [2.24, 2.45) is 0 Å². The van der Waals surface area contributed by atoms with Gasteiger partial charge in [-0.1, -0.05) is 30.3 Å². The van der Waals surface area contributed by atoms with Crippen molar-refractivity contribution < 1.29 is 9.90 Å². The highest BCUT2D eigenvalue weighted by atomic mass is 32.2. The maximum absolute atomic E-state index is 11.0. The smallest absolute Gasteiger partial charge is 0.324 e. The summed E-state index contributed by atoms with van der Waals surface area (Å²) in [7, 11) is 1.68. The van der Waals surface area contributed by atoms with Crippen molar-refractivity contribution in [3.63, 3.8) is 0 Å². The minimum atomic E-state index is -0.848. The molecular weight excluding hydrogens is 222 g/mol. The molecule has 0 bridgehead atoms. The van der Waals surface area contributed by atoms with Crippen LogP contribution in [-0.2, 0) is 10.5 Å². The molecule has 2 N–H and O–H groups in total. The number of rotatable bonds is 6. The van der Waals surface area contributed by atoms with E-state index in [0.717, 1.165) is 5.75 Å². The number of nitrogens with one attached hydrogen (secondary N) is 1. The Morgan fingerprint density at radius 3 is 2.56 bits per heavy atom. The number of carbonyl (C=O) groups is 1. The Hall–Kier alpha value is -1.00. The van der Waals surface area contributed by atoms with E-state index < -0.39 is 11.5 Å². The van der Waals surface area contributed by atoms with E-state index in [0.29, 0.717) is 5.75 Å². The van der Waals surface area contributed by atoms with Crippen LogP contribution in [0.1, 0.15) is 12.5 Å². The maximum Gasteiger partial charge on any atom is 0.324 e. The normalized spacial score (nSPS) is 14.4. The third kappa shape index (κ3) is 3.54. The first-order valence-corrected chi connectivity index (χ1v) is 6.28. The highest BCUT2D eigenvalue weighted by molar-refractivity contribution is 7.98. The lowest BCUT2D eigenvalue weighted by Gasteiger charge is -2.23. The van der Waals surface area contributed by atoms with Gasteiger partial charge in [-0.2, -0.15) is 11.8 Å². The Balaban J connectivity index is 2.43. The Bertz CT molecular complexity index is 342. The first-order chi connectivity index (χ1) is 7.58. The van der Waals surface area contributed by atoms with Gasteiger partial charge in [-0.05, 0) is 19.5 Å². The van der Waals surface area contributed by atoms with Gasteiger partial charge in [-0.15, -0.1) is 0 Å². The molecule has 0 fully saturated rings. The van der Waals surface area contributed by atoms with Crippen molar-refractivity contribution >= 4 is 17.7 Å². The van der Waals surface area contributed by atoms with Crippen LogP contribution in [0.2, 0.25) is 0 Å². The summed E-state index contributed by atoms with van der Waals surface area (Å²) in [5.74, 6) is 0.578. The molecule has 0 aliphatic rings. The Kier molecular flexibility index (Phi) is 4.83. The van der Waals surface area contributed by atoms with E-state index >= 15 is 0 Å². The quantitative estimate of drug-likeness (QED) is 0.797. The van der Waals surface area contributed by atoms with Crippen LogP contribution in [0.3, 0.4) is 0 Å². The zero-order chi connectivity index (χ0) is 12.0. The van der Waals surface area contributed by atoms with Crippen LogP contribution in [0.15, 0.2) is 30.3 Å². The summed E-state index contributed by atoms with van der Waals surface area (Å²) in [5.41, 5.74) is 0.371. The number of likely N-dealkylation sites (N-methyl/N-ethyl adjacent to an activating group) is 1. The molecule has 3 nitrogen and oxygen atoms in total. The minimum Gasteiger partial charge on any atom is -0.480 e. The lowest BCUT2D eigenvalue weighted by atomic mass is 10.1. The third-order valence-corrected chi connectivity index (χ3v) is 3.85. The highest BCUT2D eigenvalue weighted by Gasteiger charge is 2.30. The van der Waals surface area contributed by atoms with Crippen LogP contribution < -0.4 is 5.32 Å². The van der Waals surface area contributed by atoms with E-state index in [-0.39, 0.29) is 0 Å². The average Bonchev–Trinajstić information content (AvgIpc) is 2.30. The topological polar surface area (TPSA) is 49.3 Å². The van der Waals surface area contributed by atoms with E-state index in [1.165, 1.54) is 5.56 Å². The molecule has 0 saturated heterocycles. The van der Waals surface area contributed by atoms with E-state index in [4.69, 9.17) is 5.11 Å². The van der Waals surface area contributed by atoms with Gasteiger partial charge in [0.2, 0.25) is 0 Å². The molecular formula is C12H17NO2S. The molecule has 4 heteroatoms. The summed E-state index contributed by atoms with van der Waals surface area (Å²) >= 11 is 1.62. The largest absolute Gasteiger partial charge is 0.480 e. The van der Waals surface area contributed by atoms with Crippen LogP contribution in [0, 0.1) is 0 Å². The Morgan fingerprint density at radius 2 is 2.06 bits per heavy atom. The molecule has 0 heterocycles. The molecule has 1 aromatic rings. The predicted molar refractivity (Wildman–Crippen MR) is 67.7 cm³/mol. The van der Waals surface area contributed by atoms with Crippen LogP contribution in [0.5, 0.6) is 0 Å². The van der Waals surface area contributed by atoms with Crippen LogP contribution in [0.25, 0.3) is 0 Å². The lowest BCUT2D eigenvalue weighted by Crippen LogP contribution is -2.49. The van der Waals surface area contributed by atoms with Gasteiger partial charge in [0.05, 0.1) is 0 Å². The third-order valence-electron chi connectivity index (χ3n) is 2.53. The van der Waals surface area contributed by atoms with Gasteiger partial charge in [-0.25, -0.2) is 0 Å². The number of thioether (sulfide) groups is 1. The number of hydrogen-bond donors (Lipinski definition) is 2. The SMILES string of the molecule is CN[C@@](C)(CSCc1ccccc1)C(=O)O. The fourth-order valence-corrected chi connectivity index (χ4v) is 2.39. The van der Waals surface area contributed by atoms with Crippen molar-refractivity contribution in [3.8, 4) is 0 Å². The molecule has 1 atom stereocenters. The molecule has 88 valence electrons. The number of carboxylic acids is 1. The van der Waals surface area contributed by atoms with E-state index in [1.807, 2.05) is 30.3 Å². The molecule has 0 aliphatic heterocycles. The second-order valence-electron chi connectivity index (χ2n) is 3.87. The zero-order valence-corrected chi connectivity index (χ0v) is 10.4. The van der Waals surface area contributed by atoms with E-state index in [1.54, 1.807) is 25.7 Å². The van der Waals surface area contributed by atoms with Crippen molar-refractivity contribution in [1.29, 1.82) is 0 Å². The fraction of sp³-hybridized carbons (Fsp3) is 0.417. The second kappa shape index (κ2) is 5.92. The molecule has 0 aliphatic carbocycles. The summed E-state index contributed by atoms with van der Waals surface area (Å²) in [5, 5.41) is 11.9. The monoisotopic (exact) mass is 239 g/mol. The average molecular weight is 239 g/mol. The lowest BCUT2D eigenvalue weighted by molar-refractivity contribution is -0.142. The van der Waals surface area contributed by atoms with Crippen molar-refractivity contribution in [1.82, 2.24) is 5.32 Å². The summed E-state index contributed by atoms with van der Waals surface area (Å²) in [6, 6.07) is 10.0. The highest BCUT2D eigenvalue weighted by Crippen LogP contribution is 2.18. The van der Waals surface area contributed by atoms with Gasteiger partial charge in [0.1, 0.15) is 5.54 Å². The van der Waals surface area contributed by atoms with Gasteiger partial charge in [0, 0.05) is 11.5 Å². The minimum absolute atomic E-state index is 0.549. The number of benzene rings is 1. The molecule has 16 heavy (non-hydrogen) atoms. The summed E-state index contributed by atoms with van der Waals surface area (Å²) in [4.78, 5) is 11.0. The fourth-order valence-electron chi connectivity index (χ4n) is 1.19. The van der Waals surface area contributed by atoms with Crippen LogP contribution in [0.4, 0.5) is 0 Å². The van der Waals surface area contributed by atoms with Gasteiger partial charge < -0.3 is 10.4 Å². The number of carboxylic acid groups (broad SMARTS) is 1. The molecule has 1 aromatic carbocycles. The van der Waals surface area contributed by atoms with Crippen LogP contribution in [-0.4, -0.2) is 29.4 Å². The van der Waals surface area contributed by atoms with Gasteiger partial charge >= 0.3 is 5.97 Å². The molecule has 1 rings (SSSR count). The molecule has 0 amide bonds. The molecule has 0 unspecified atom stereocenters. The zero-order valence-electron chi connectivity index (χ0n) is 9.56. The standard InChI is InChI=1S/C12H17NO2S/c1-12(13-2,11(14)15)9-16-8-10-6-4-3-5-7-10/h3-7,13H,8-9H2,1-2H3,(H,14,15)/t12-/m0/s1. The molecule has 0 spiro atoms. The number of hydrogen-bond acceptors (Lipinski definition) is 3. The van der Waals surface area contributed by atoms with Gasteiger partial charge in [-0.3, -0.25) is 4.79 Å². The van der Waals surface area contributed by atoms with Crippen molar-refractivity contribution in [2.45, 2.75) is 18.2 Å². The second-order valence-corrected chi connectivity index (χ2v) is 4.85. The molecule has 0 saturated carbocycles. The van der Waals surface area contributed by atoms with E-state index in [9.17, 15) is 4.79 Å². The van der Waals surface area contributed by atoms with Crippen molar-refractivity contribution in [3.05, 3.63) is 35.9 Å². The first-order valence-electron chi connectivity index (χ1n) is 5.12. The van der Waals surface area contributed by atoms with Crippen LogP contribution >= 0.6 is 11.8 Å². The maximum atomic E-state index is 11.0. The van der Waals surface area contributed by atoms with E-state index in [2.05, 4.69) is 5.32 Å². The van der Waals surface area contributed by atoms with Gasteiger partial charge in [0.15, 0.2) is 0 Å². The Labute approximate surface area is 100 Å². The number of aliphatic carboxylic acids is 1.